The van der Waals surface area contributed by atoms with Gasteiger partial charge in [-0.25, -0.2) is 4.98 Å². The molecule has 0 atom stereocenters. The minimum atomic E-state index is -2.91. The Balaban J connectivity index is 1.41. The highest BCUT2D eigenvalue weighted by Crippen LogP contribution is 2.46. The first-order chi connectivity index (χ1) is 23.2. The van der Waals surface area contributed by atoms with Crippen LogP contribution in [0.15, 0.2) is 152 Å². The van der Waals surface area contributed by atoms with Gasteiger partial charge in [0, 0.05) is 18.9 Å². The molecule has 0 aliphatic heterocycles. The second kappa shape index (κ2) is 10.4. The zero-order valence-corrected chi connectivity index (χ0v) is 23.3. The molecule has 0 N–H and O–H groups in total. The maximum absolute atomic E-state index is 8.68. The molecule has 0 unspecified atom stereocenters. The lowest BCUT2D eigenvalue weighted by Crippen LogP contribution is -2.00. The Bertz CT molecular complexity index is 2420. The molecule has 0 amide bonds. The number of rotatable bonds is 5. The lowest BCUT2D eigenvalue weighted by molar-refractivity contribution is 0.908. The van der Waals surface area contributed by atoms with Gasteiger partial charge in [0.25, 0.3) is 0 Å². The van der Waals surface area contributed by atoms with E-state index in [0.29, 0.717) is 16.7 Å². The van der Waals surface area contributed by atoms with E-state index in [0.717, 1.165) is 54.9 Å². The molecule has 8 rings (SSSR count). The Kier molecular flexibility index (Phi) is 4.95. The summed E-state index contributed by atoms with van der Waals surface area (Å²) in [5.41, 5.74) is 8.41. The SMILES string of the molecule is [2H]C([2H])([2H])C([2H])([2H])c1nc2ccccc2n1-c1cccc(-c2c3ccccc3c(-c3ccccc3-c3ccccc3)c3ccccc23)c1. The van der Waals surface area contributed by atoms with Gasteiger partial charge in [0.05, 0.1) is 11.0 Å². The highest BCUT2D eigenvalue weighted by atomic mass is 15.1. The Morgan fingerprint density at radius 1 is 0.558 bits per heavy atom. The maximum atomic E-state index is 8.68. The average Bonchev–Trinajstić information content (AvgIpc) is 3.51. The van der Waals surface area contributed by atoms with Gasteiger partial charge >= 0.3 is 0 Å². The van der Waals surface area contributed by atoms with Gasteiger partial charge in [0.15, 0.2) is 0 Å². The number of hydrogen-bond donors (Lipinski definition) is 0. The topological polar surface area (TPSA) is 17.8 Å². The number of benzene rings is 7. The summed E-state index contributed by atoms with van der Waals surface area (Å²) in [6, 6.07) is 51.1. The van der Waals surface area contributed by atoms with Crippen LogP contribution in [0.4, 0.5) is 0 Å². The van der Waals surface area contributed by atoms with Crippen LogP contribution in [0.25, 0.3) is 71.6 Å². The second-order valence-corrected chi connectivity index (χ2v) is 10.7. The highest BCUT2D eigenvalue weighted by molar-refractivity contribution is 6.22. The van der Waals surface area contributed by atoms with Crippen LogP contribution in [-0.4, -0.2) is 9.55 Å². The predicted molar refractivity (Wildman–Crippen MR) is 182 cm³/mol. The van der Waals surface area contributed by atoms with Crippen molar-refractivity contribution in [2.75, 3.05) is 0 Å². The molecule has 0 saturated carbocycles. The van der Waals surface area contributed by atoms with Crippen molar-refractivity contribution in [3.8, 4) is 39.1 Å². The third-order valence-electron chi connectivity index (χ3n) is 8.28. The number of aryl methyl sites for hydroxylation is 1. The van der Waals surface area contributed by atoms with Crippen molar-refractivity contribution in [2.24, 2.45) is 0 Å². The van der Waals surface area contributed by atoms with Gasteiger partial charge < -0.3 is 0 Å². The minimum absolute atomic E-state index is 0.150. The quantitative estimate of drug-likeness (QED) is 0.193. The number of para-hydroxylation sites is 2. The van der Waals surface area contributed by atoms with E-state index in [1.807, 2.05) is 42.5 Å². The summed E-state index contributed by atoms with van der Waals surface area (Å²) in [6.07, 6.45) is -2.69. The van der Waals surface area contributed by atoms with E-state index in [1.165, 1.54) is 0 Å². The van der Waals surface area contributed by atoms with Crippen LogP contribution in [0.1, 0.15) is 19.5 Å². The lowest BCUT2D eigenvalue weighted by Gasteiger charge is -2.20. The van der Waals surface area contributed by atoms with E-state index < -0.39 is 13.2 Å². The molecule has 7 aromatic carbocycles. The molecule has 1 aromatic heterocycles. The van der Waals surface area contributed by atoms with E-state index in [9.17, 15) is 0 Å². The molecule has 0 radical (unpaired) electrons. The van der Waals surface area contributed by atoms with Gasteiger partial charge in [0.1, 0.15) is 5.82 Å². The van der Waals surface area contributed by atoms with E-state index in [1.54, 1.807) is 10.6 Å². The fourth-order valence-corrected chi connectivity index (χ4v) is 6.47. The lowest BCUT2D eigenvalue weighted by atomic mass is 9.84. The molecule has 2 heteroatoms. The van der Waals surface area contributed by atoms with Crippen LogP contribution in [0.5, 0.6) is 0 Å². The fourth-order valence-electron chi connectivity index (χ4n) is 6.47. The van der Waals surface area contributed by atoms with Crippen molar-refractivity contribution >= 4 is 32.6 Å². The van der Waals surface area contributed by atoms with Crippen molar-refractivity contribution in [3.63, 3.8) is 0 Å². The predicted octanol–water partition coefficient (Wildman–Crippen LogP) is 10.9. The Morgan fingerprint density at radius 2 is 1.14 bits per heavy atom. The molecule has 0 fully saturated rings. The molecule has 0 aliphatic rings. The zero-order chi connectivity index (χ0) is 33.0. The van der Waals surface area contributed by atoms with E-state index in [-0.39, 0.29) is 5.82 Å². The number of nitrogens with zero attached hydrogens (tertiary/aromatic N) is 2. The standard InChI is InChI=1S/C41H30N2/c1-2-39-42-37-25-12-13-26-38(37)43(39)30-18-14-17-29(27-30)40-33-21-8-10-23-35(33)41(36-24-11-9-22-34(36)40)32-20-7-6-19-31(32)28-15-4-3-5-16-28/h3-27H,2H2,1H3/i1D3,2D2. The number of aromatic nitrogens is 2. The molecule has 8 aromatic rings. The Hall–Kier alpha value is -5.47. The summed E-state index contributed by atoms with van der Waals surface area (Å²) >= 11 is 0. The van der Waals surface area contributed by atoms with Crippen LogP contribution >= 0.6 is 0 Å². The van der Waals surface area contributed by atoms with Crippen molar-refractivity contribution in [1.82, 2.24) is 9.55 Å². The normalized spacial score (nSPS) is 13.8. The van der Waals surface area contributed by atoms with Gasteiger partial charge in [-0.1, -0.05) is 134 Å². The largest absolute Gasteiger partial charge is 0.296 e. The van der Waals surface area contributed by atoms with Gasteiger partial charge in [-0.2, -0.15) is 0 Å². The van der Waals surface area contributed by atoms with Crippen LogP contribution in [0, 0.1) is 0 Å². The Labute approximate surface area is 258 Å². The van der Waals surface area contributed by atoms with Crippen LogP contribution in [0.3, 0.4) is 0 Å². The molecule has 2 nitrogen and oxygen atoms in total. The van der Waals surface area contributed by atoms with Crippen LogP contribution < -0.4 is 0 Å². The zero-order valence-electron chi connectivity index (χ0n) is 28.3. The average molecular weight is 556 g/mol. The van der Waals surface area contributed by atoms with Gasteiger partial charge in [-0.3, -0.25) is 4.57 Å². The second-order valence-electron chi connectivity index (χ2n) is 10.7. The molecular weight excluding hydrogens is 520 g/mol. The summed E-state index contributed by atoms with van der Waals surface area (Å²) in [6.45, 7) is -2.91. The molecule has 0 spiro atoms. The summed E-state index contributed by atoms with van der Waals surface area (Å²) in [4.78, 5) is 4.54. The highest BCUT2D eigenvalue weighted by Gasteiger charge is 2.19. The first-order valence-corrected chi connectivity index (χ1v) is 14.4. The van der Waals surface area contributed by atoms with Crippen molar-refractivity contribution in [2.45, 2.75) is 13.2 Å². The van der Waals surface area contributed by atoms with E-state index >= 15 is 0 Å². The van der Waals surface area contributed by atoms with Crippen LogP contribution in [-0.2, 0) is 6.37 Å². The summed E-state index contributed by atoms with van der Waals surface area (Å²) < 4.78 is 43.1. The molecule has 1 heterocycles. The minimum Gasteiger partial charge on any atom is -0.296 e. The number of fused-ring (bicyclic) bond motifs is 3. The molecule has 0 aliphatic carbocycles. The maximum Gasteiger partial charge on any atom is 0.114 e. The smallest absolute Gasteiger partial charge is 0.114 e. The number of hydrogen-bond acceptors (Lipinski definition) is 1. The van der Waals surface area contributed by atoms with E-state index in [2.05, 4.69) is 108 Å². The fraction of sp³-hybridized carbons (Fsp3) is 0.0488. The van der Waals surface area contributed by atoms with Gasteiger partial charge in [-0.05, 0) is 79.2 Å². The molecule has 204 valence electrons. The van der Waals surface area contributed by atoms with Crippen molar-refractivity contribution < 1.29 is 6.85 Å². The molecular formula is C41H30N2. The first-order valence-electron chi connectivity index (χ1n) is 16.9. The van der Waals surface area contributed by atoms with Gasteiger partial charge in [0.2, 0.25) is 0 Å². The summed E-state index contributed by atoms with van der Waals surface area (Å²) in [5, 5.41) is 4.40. The van der Waals surface area contributed by atoms with E-state index in [4.69, 9.17) is 6.85 Å². The summed E-state index contributed by atoms with van der Waals surface area (Å²) in [5.74, 6) is -0.150. The number of imidazole rings is 1. The van der Waals surface area contributed by atoms with Crippen LogP contribution in [0.2, 0.25) is 0 Å². The first kappa shape index (κ1) is 20.4. The molecule has 0 bridgehead atoms. The molecule has 43 heavy (non-hydrogen) atoms. The third-order valence-corrected chi connectivity index (χ3v) is 8.28. The monoisotopic (exact) mass is 555 g/mol. The van der Waals surface area contributed by atoms with Crippen molar-refractivity contribution in [1.29, 1.82) is 0 Å². The van der Waals surface area contributed by atoms with Gasteiger partial charge in [-0.15, -0.1) is 0 Å². The Morgan fingerprint density at radius 3 is 1.86 bits per heavy atom. The summed E-state index contributed by atoms with van der Waals surface area (Å²) in [7, 11) is 0. The third kappa shape index (κ3) is 4.14. The molecule has 0 saturated heterocycles. The van der Waals surface area contributed by atoms with Crippen molar-refractivity contribution in [3.05, 3.63) is 157 Å².